The zero-order valence-electron chi connectivity index (χ0n) is 14.1. The van der Waals surface area contributed by atoms with Gasteiger partial charge in [-0.05, 0) is 18.2 Å². The quantitative estimate of drug-likeness (QED) is 0.562. The minimum Gasteiger partial charge on any atom is -0.369 e. The second-order valence-corrected chi connectivity index (χ2v) is 7.86. The monoisotopic (exact) mass is 392 g/mol. The number of sulfonamides is 1. The van der Waals surface area contributed by atoms with E-state index in [2.05, 4.69) is 0 Å². The highest BCUT2D eigenvalue weighted by Crippen LogP contribution is 2.24. The van der Waals surface area contributed by atoms with Crippen molar-refractivity contribution in [3.05, 3.63) is 68.8 Å². The van der Waals surface area contributed by atoms with Crippen LogP contribution in [0.25, 0.3) is 0 Å². The Hall–Kier alpha value is -3.05. The molecule has 10 nitrogen and oxygen atoms in total. The zero-order chi connectivity index (χ0) is 19.6. The van der Waals surface area contributed by atoms with Crippen molar-refractivity contribution < 1.29 is 18.3 Å². The lowest BCUT2D eigenvalue weighted by molar-refractivity contribution is -0.385. The molecule has 27 heavy (non-hydrogen) atoms. The van der Waals surface area contributed by atoms with E-state index in [0.717, 1.165) is 11.8 Å². The lowest BCUT2D eigenvalue weighted by Gasteiger charge is -2.35. The van der Waals surface area contributed by atoms with Crippen molar-refractivity contribution in [2.24, 2.45) is 0 Å². The molecular formula is C16H16N4O6S. The molecule has 2 aromatic rings. The first-order valence-corrected chi connectivity index (χ1v) is 9.47. The molecule has 3 rings (SSSR count). The maximum atomic E-state index is 12.7. The molecule has 1 heterocycles. The van der Waals surface area contributed by atoms with Gasteiger partial charge in [0.1, 0.15) is 0 Å². The Kier molecular flexibility index (Phi) is 5.06. The van der Waals surface area contributed by atoms with Crippen molar-refractivity contribution in [1.82, 2.24) is 4.31 Å². The Morgan fingerprint density at radius 3 is 1.96 bits per heavy atom. The van der Waals surface area contributed by atoms with Crippen LogP contribution in [0, 0.1) is 20.2 Å². The van der Waals surface area contributed by atoms with Gasteiger partial charge in [0.05, 0.1) is 14.7 Å². The van der Waals surface area contributed by atoms with E-state index in [-0.39, 0.29) is 29.4 Å². The standard InChI is InChI=1S/C16H16N4O6S/c21-19(22)14-6-4-13(5-7-14)17-8-10-18(11-9-17)27(25,26)16-3-1-2-15(12-16)20(23)24/h1-7,12H,8-11H2. The Bertz CT molecular complexity index is 969. The van der Waals surface area contributed by atoms with E-state index in [4.69, 9.17) is 0 Å². The predicted molar refractivity (Wildman–Crippen MR) is 97.2 cm³/mol. The van der Waals surface area contributed by atoms with Crippen molar-refractivity contribution in [2.75, 3.05) is 31.1 Å². The summed E-state index contributed by atoms with van der Waals surface area (Å²) in [6.45, 7) is 1.24. The number of hydrogen-bond acceptors (Lipinski definition) is 7. The van der Waals surface area contributed by atoms with Crippen LogP contribution in [0.1, 0.15) is 0 Å². The SMILES string of the molecule is O=[N+]([O-])c1ccc(N2CCN(S(=O)(=O)c3cccc([N+](=O)[O-])c3)CC2)cc1. The summed E-state index contributed by atoms with van der Waals surface area (Å²) in [6, 6.07) is 11.0. The van der Waals surface area contributed by atoms with Crippen molar-refractivity contribution >= 4 is 27.1 Å². The molecule has 1 aliphatic rings. The maximum Gasteiger partial charge on any atom is 0.270 e. The molecule has 0 N–H and O–H groups in total. The van der Waals surface area contributed by atoms with Crippen LogP contribution in [-0.4, -0.2) is 48.7 Å². The normalized spacial score (nSPS) is 15.5. The van der Waals surface area contributed by atoms with Gasteiger partial charge in [0.2, 0.25) is 10.0 Å². The van der Waals surface area contributed by atoms with Crippen LogP contribution >= 0.6 is 0 Å². The van der Waals surface area contributed by atoms with Gasteiger partial charge < -0.3 is 4.90 Å². The van der Waals surface area contributed by atoms with Crippen molar-refractivity contribution in [3.8, 4) is 0 Å². The molecule has 2 aromatic carbocycles. The summed E-state index contributed by atoms with van der Waals surface area (Å²) in [6.07, 6.45) is 0. The van der Waals surface area contributed by atoms with E-state index in [9.17, 15) is 28.6 Å². The number of benzene rings is 2. The summed E-state index contributed by atoms with van der Waals surface area (Å²) in [5, 5.41) is 21.6. The molecule has 0 aliphatic carbocycles. The third kappa shape index (κ3) is 3.88. The first kappa shape index (κ1) is 18.7. The molecule has 0 spiro atoms. The fraction of sp³-hybridized carbons (Fsp3) is 0.250. The number of nitro benzene ring substituents is 2. The lowest BCUT2D eigenvalue weighted by atomic mass is 10.2. The maximum absolute atomic E-state index is 12.7. The van der Waals surface area contributed by atoms with E-state index >= 15 is 0 Å². The average Bonchev–Trinajstić information content (AvgIpc) is 2.68. The molecule has 11 heteroatoms. The number of hydrogen-bond donors (Lipinski definition) is 0. The summed E-state index contributed by atoms with van der Waals surface area (Å²) in [5.74, 6) is 0. The smallest absolute Gasteiger partial charge is 0.270 e. The van der Waals surface area contributed by atoms with E-state index in [1.54, 1.807) is 12.1 Å². The van der Waals surface area contributed by atoms with E-state index in [1.165, 1.54) is 34.6 Å². The van der Waals surface area contributed by atoms with Crippen molar-refractivity contribution in [3.63, 3.8) is 0 Å². The first-order chi connectivity index (χ1) is 12.8. The Morgan fingerprint density at radius 2 is 1.41 bits per heavy atom. The fourth-order valence-electron chi connectivity index (χ4n) is 2.88. The molecular weight excluding hydrogens is 376 g/mol. The van der Waals surface area contributed by atoms with Gasteiger partial charge in [0.25, 0.3) is 11.4 Å². The predicted octanol–water partition coefficient (Wildman–Crippen LogP) is 2.01. The second kappa shape index (κ2) is 7.29. The topological polar surface area (TPSA) is 127 Å². The summed E-state index contributed by atoms with van der Waals surface area (Å²) < 4.78 is 26.8. The highest BCUT2D eigenvalue weighted by atomic mass is 32.2. The molecule has 0 bridgehead atoms. The van der Waals surface area contributed by atoms with Crippen molar-refractivity contribution in [2.45, 2.75) is 4.90 Å². The van der Waals surface area contributed by atoms with Gasteiger partial charge in [0.15, 0.2) is 0 Å². The molecule has 1 aliphatic heterocycles. The summed E-state index contributed by atoms with van der Waals surface area (Å²) >= 11 is 0. The third-order valence-electron chi connectivity index (χ3n) is 4.33. The molecule has 142 valence electrons. The fourth-order valence-corrected chi connectivity index (χ4v) is 4.34. The third-order valence-corrected chi connectivity index (χ3v) is 6.23. The Labute approximate surface area is 155 Å². The van der Waals surface area contributed by atoms with Crippen LogP contribution < -0.4 is 4.90 Å². The molecule has 0 radical (unpaired) electrons. The molecule has 0 aromatic heterocycles. The Morgan fingerprint density at radius 1 is 0.815 bits per heavy atom. The van der Waals surface area contributed by atoms with Crippen LogP contribution in [0.4, 0.5) is 17.1 Å². The highest BCUT2D eigenvalue weighted by molar-refractivity contribution is 7.89. The van der Waals surface area contributed by atoms with Gasteiger partial charge in [-0.15, -0.1) is 0 Å². The highest BCUT2D eigenvalue weighted by Gasteiger charge is 2.29. The zero-order valence-corrected chi connectivity index (χ0v) is 14.9. The van der Waals surface area contributed by atoms with Crippen LogP contribution in [-0.2, 0) is 10.0 Å². The second-order valence-electron chi connectivity index (χ2n) is 5.92. The number of nitrogens with zero attached hydrogens (tertiary/aromatic N) is 4. The summed E-state index contributed by atoms with van der Waals surface area (Å²) in [4.78, 5) is 22.3. The van der Waals surface area contributed by atoms with Gasteiger partial charge in [0, 0.05) is 56.1 Å². The number of non-ortho nitro benzene ring substituents is 2. The van der Waals surface area contributed by atoms with Gasteiger partial charge in [-0.2, -0.15) is 4.31 Å². The van der Waals surface area contributed by atoms with Crippen LogP contribution in [0.2, 0.25) is 0 Å². The van der Waals surface area contributed by atoms with Crippen LogP contribution in [0.5, 0.6) is 0 Å². The van der Waals surface area contributed by atoms with E-state index in [1.807, 2.05) is 4.90 Å². The minimum atomic E-state index is -3.83. The van der Waals surface area contributed by atoms with Gasteiger partial charge in [-0.3, -0.25) is 20.2 Å². The van der Waals surface area contributed by atoms with Gasteiger partial charge in [-0.25, -0.2) is 8.42 Å². The number of nitro groups is 2. The van der Waals surface area contributed by atoms with Gasteiger partial charge >= 0.3 is 0 Å². The average molecular weight is 392 g/mol. The number of rotatable bonds is 5. The molecule has 0 atom stereocenters. The lowest BCUT2D eigenvalue weighted by Crippen LogP contribution is -2.48. The summed E-state index contributed by atoms with van der Waals surface area (Å²) in [7, 11) is -3.83. The van der Waals surface area contributed by atoms with Crippen molar-refractivity contribution in [1.29, 1.82) is 0 Å². The molecule has 0 unspecified atom stereocenters. The molecule has 1 saturated heterocycles. The Balaban J connectivity index is 1.72. The molecule has 0 saturated carbocycles. The first-order valence-electron chi connectivity index (χ1n) is 8.03. The van der Waals surface area contributed by atoms with E-state index in [0.29, 0.717) is 13.1 Å². The van der Waals surface area contributed by atoms with E-state index < -0.39 is 19.9 Å². The van der Waals surface area contributed by atoms with Crippen LogP contribution in [0.3, 0.4) is 0 Å². The largest absolute Gasteiger partial charge is 0.369 e. The van der Waals surface area contributed by atoms with Gasteiger partial charge in [-0.1, -0.05) is 6.07 Å². The summed E-state index contributed by atoms with van der Waals surface area (Å²) in [5.41, 5.74) is 0.485. The molecule has 1 fully saturated rings. The molecule has 0 amide bonds. The number of piperazine rings is 1. The minimum absolute atomic E-state index is 0.00867. The number of anilines is 1. The van der Waals surface area contributed by atoms with Crippen LogP contribution in [0.15, 0.2) is 53.4 Å².